The Morgan fingerprint density at radius 1 is 1.43 bits per heavy atom. The fourth-order valence-corrected chi connectivity index (χ4v) is 2.25. The summed E-state index contributed by atoms with van der Waals surface area (Å²) in [4.78, 5) is 42.7. The van der Waals surface area contributed by atoms with Crippen molar-refractivity contribution in [1.82, 2.24) is 20.2 Å². The summed E-state index contributed by atoms with van der Waals surface area (Å²) in [6.07, 6.45) is 1.29. The highest BCUT2D eigenvalue weighted by molar-refractivity contribution is 6.02. The van der Waals surface area contributed by atoms with E-state index in [9.17, 15) is 14.4 Å². The summed E-state index contributed by atoms with van der Waals surface area (Å²) in [7, 11) is 0. The van der Waals surface area contributed by atoms with Gasteiger partial charge >= 0.3 is 12.1 Å². The fraction of sp³-hybridized carbons (Fsp3) is 0.571. The summed E-state index contributed by atoms with van der Waals surface area (Å²) in [6, 6.07) is -0.270. The summed E-state index contributed by atoms with van der Waals surface area (Å²) >= 11 is 0. The minimum Gasteiger partial charge on any atom is -0.477 e. The first-order valence-electron chi connectivity index (χ1n) is 7.23. The lowest BCUT2D eigenvalue weighted by Gasteiger charge is -2.24. The van der Waals surface area contributed by atoms with Crippen LogP contribution >= 0.6 is 0 Å². The summed E-state index contributed by atoms with van der Waals surface area (Å²) in [5.41, 5.74) is -1.01. The van der Waals surface area contributed by atoms with Gasteiger partial charge in [0.05, 0.1) is 6.33 Å². The average molecular weight is 324 g/mol. The highest BCUT2D eigenvalue weighted by Crippen LogP contribution is 2.16. The van der Waals surface area contributed by atoms with Gasteiger partial charge in [-0.2, -0.15) is 0 Å². The topological polar surface area (TPSA) is 125 Å². The van der Waals surface area contributed by atoms with Crippen molar-refractivity contribution in [2.24, 2.45) is 0 Å². The molecular weight excluding hydrogens is 304 g/mol. The maximum atomic E-state index is 12.1. The number of aromatic nitrogens is 2. The monoisotopic (exact) mass is 324 g/mol. The normalized spacial score (nSPS) is 17.9. The van der Waals surface area contributed by atoms with Crippen molar-refractivity contribution < 1.29 is 24.2 Å². The van der Waals surface area contributed by atoms with E-state index in [0.717, 1.165) is 6.33 Å². The van der Waals surface area contributed by atoms with Crippen molar-refractivity contribution in [2.75, 3.05) is 13.1 Å². The van der Waals surface area contributed by atoms with Crippen molar-refractivity contribution in [3.05, 3.63) is 17.7 Å². The number of rotatable bonds is 3. The van der Waals surface area contributed by atoms with E-state index in [-0.39, 0.29) is 17.4 Å². The summed E-state index contributed by atoms with van der Waals surface area (Å²) in [5, 5.41) is 11.7. The van der Waals surface area contributed by atoms with Gasteiger partial charge in [0.15, 0.2) is 11.4 Å². The van der Waals surface area contributed by atoms with Gasteiger partial charge in [-0.15, -0.1) is 0 Å². The van der Waals surface area contributed by atoms with Crippen LogP contribution in [0.4, 0.5) is 4.79 Å². The Bertz CT molecular complexity index is 619. The summed E-state index contributed by atoms with van der Waals surface area (Å²) in [5.74, 6) is -1.84. The van der Waals surface area contributed by atoms with Gasteiger partial charge in [0.25, 0.3) is 5.91 Å². The van der Waals surface area contributed by atoms with E-state index in [0.29, 0.717) is 19.5 Å². The number of carbonyl (C=O) groups is 3. The second-order valence-electron chi connectivity index (χ2n) is 6.32. The van der Waals surface area contributed by atoms with Gasteiger partial charge in [0, 0.05) is 19.1 Å². The number of amides is 2. The van der Waals surface area contributed by atoms with Crippen LogP contribution in [-0.4, -0.2) is 62.7 Å². The van der Waals surface area contributed by atoms with Crippen molar-refractivity contribution in [1.29, 1.82) is 0 Å². The first-order valence-corrected chi connectivity index (χ1v) is 7.23. The number of hydrogen-bond donors (Lipinski definition) is 3. The molecule has 0 radical (unpaired) electrons. The molecule has 0 saturated carbocycles. The number of aromatic carboxylic acids is 1. The molecule has 1 aromatic heterocycles. The molecule has 9 nitrogen and oxygen atoms in total. The number of carboxylic acid groups (broad SMARTS) is 1. The Morgan fingerprint density at radius 3 is 2.74 bits per heavy atom. The maximum absolute atomic E-state index is 12.1. The lowest BCUT2D eigenvalue weighted by atomic mass is 10.2. The molecule has 2 rings (SSSR count). The Balaban J connectivity index is 1.93. The Hall–Kier alpha value is -2.58. The molecule has 1 unspecified atom stereocenters. The van der Waals surface area contributed by atoms with E-state index in [2.05, 4.69) is 15.3 Å². The molecule has 0 bridgehead atoms. The average Bonchev–Trinajstić information content (AvgIpc) is 3.04. The Labute approximate surface area is 133 Å². The SMILES string of the molecule is CC(C)(C)OC(=O)N1CCC(NC(=O)c2nc[nH]c2C(=O)O)C1. The van der Waals surface area contributed by atoms with Crippen molar-refractivity contribution >= 4 is 18.0 Å². The van der Waals surface area contributed by atoms with Gasteiger partial charge in [0.2, 0.25) is 0 Å². The number of carbonyl (C=O) groups excluding carboxylic acids is 2. The predicted molar refractivity (Wildman–Crippen MR) is 79.2 cm³/mol. The minimum absolute atomic E-state index is 0.173. The second kappa shape index (κ2) is 6.27. The third-order valence-corrected chi connectivity index (χ3v) is 3.24. The van der Waals surface area contributed by atoms with Crippen LogP contribution in [0.3, 0.4) is 0 Å². The zero-order valence-electron chi connectivity index (χ0n) is 13.3. The molecule has 2 amide bonds. The molecule has 1 aliphatic rings. The van der Waals surface area contributed by atoms with Gasteiger partial charge in [0.1, 0.15) is 5.60 Å². The molecule has 2 heterocycles. The molecule has 126 valence electrons. The molecule has 0 spiro atoms. The third-order valence-electron chi connectivity index (χ3n) is 3.24. The van der Waals surface area contributed by atoms with Gasteiger partial charge in [-0.3, -0.25) is 4.79 Å². The molecule has 23 heavy (non-hydrogen) atoms. The lowest BCUT2D eigenvalue weighted by Crippen LogP contribution is -2.40. The third kappa shape index (κ3) is 4.21. The van der Waals surface area contributed by atoms with Crippen LogP contribution in [0.2, 0.25) is 0 Å². The van der Waals surface area contributed by atoms with Crippen LogP contribution in [0.25, 0.3) is 0 Å². The number of hydrogen-bond acceptors (Lipinski definition) is 5. The quantitative estimate of drug-likeness (QED) is 0.757. The Morgan fingerprint density at radius 2 is 2.13 bits per heavy atom. The zero-order chi connectivity index (χ0) is 17.2. The van der Waals surface area contributed by atoms with Gasteiger partial charge in [-0.1, -0.05) is 0 Å². The summed E-state index contributed by atoms with van der Waals surface area (Å²) < 4.78 is 5.28. The molecule has 1 atom stereocenters. The number of nitrogens with zero attached hydrogens (tertiary/aromatic N) is 2. The number of H-pyrrole nitrogens is 1. The zero-order valence-corrected chi connectivity index (χ0v) is 13.3. The molecule has 3 N–H and O–H groups in total. The Kier molecular flexibility index (Phi) is 4.57. The minimum atomic E-state index is -1.26. The molecule has 1 aromatic rings. The van der Waals surface area contributed by atoms with Crippen LogP contribution in [0.15, 0.2) is 6.33 Å². The van der Waals surface area contributed by atoms with E-state index in [1.165, 1.54) is 4.90 Å². The lowest BCUT2D eigenvalue weighted by molar-refractivity contribution is 0.0290. The molecular formula is C14H20N4O5. The van der Waals surface area contributed by atoms with Crippen LogP contribution in [0.1, 0.15) is 48.2 Å². The van der Waals surface area contributed by atoms with Gasteiger partial charge in [-0.05, 0) is 27.2 Å². The number of imidazole rings is 1. The molecule has 9 heteroatoms. The van der Waals surface area contributed by atoms with E-state index in [1.807, 2.05) is 0 Å². The van der Waals surface area contributed by atoms with Gasteiger partial charge < -0.3 is 25.0 Å². The van der Waals surface area contributed by atoms with E-state index < -0.39 is 23.6 Å². The van der Waals surface area contributed by atoms with Crippen molar-refractivity contribution in [3.8, 4) is 0 Å². The van der Waals surface area contributed by atoms with Crippen LogP contribution in [-0.2, 0) is 4.74 Å². The number of ether oxygens (including phenoxy) is 1. The summed E-state index contributed by atoms with van der Waals surface area (Å²) in [6.45, 7) is 6.13. The second-order valence-corrected chi connectivity index (χ2v) is 6.32. The number of nitrogens with one attached hydrogen (secondary N) is 2. The van der Waals surface area contributed by atoms with Crippen molar-refractivity contribution in [3.63, 3.8) is 0 Å². The number of likely N-dealkylation sites (tertiary alicyclic amines) is 1. The smallest absolute Gasteiger partial charge is 0.410 e. The predicted octanol–water partition coefficient (Wildman–Crippen LogP) is 0.847. The van der Waals surface area contributed by atoms with Crippen LogP contribution in [0, 0.1) is 0 Å². The highest BCUT2D eigenvalue weighted by Gasteiger charge is 2.31. The van der Waals surface area contributed by atoms with E-state index >= 15 is 0 Å². The number of carboxylic acids is 1. The fourth-order valence-electron chi connectivity index (χ4n) is 2.25. The highest BCUT2D eigenvalue weighted by atomic mass is 16.6. The van der Waals surface area contributed by atoms with E-state index in [4.69, 9.17) is 9.84 Å². The van der Waals surface area contributed by atoms with Crippen LogP contribution < -0.4 is 5.32 Å². The first kappa shape index (κ1) is 16.8. The van der Waals surface area contributed by atoms with Crippen LogP contribution in [0.5, 0.6) is 0 Å². The standard InChI is InChI=1S/C14H20N4O5/c1-14(2,3)23-13(22)18-5-4-8(6-18)17-11(19)9-10(12(20)21)16-7-15-9/h7-8H,4-6H2,1-3H3,(H,15,16)(H,17,19)(H,20,21). The molecule has 0 aromatic carbocycles. The molecule has 1 fully saturated rings. The van der Waals surface area contributed by atoms with E-state index in [1.54, 1.807) is 20.8 Å². The maximum Gasteiger partial charge on any atom is 0.410 e. The van der Waals surface area contributed by atoms with Crippen molar-refractivity contribution in [2.45, 2.75) is 38.8 Å². The first-order chi connectivity index (χ1) is 10.7. The largest absolute Gasteiger partial charge is 0.477 e. The van der Waals surface area contributed by atoms with Gasteiger partial charge in [-0.25, -0.2) is 14.6 Å². The molecule has 1 saturated heterocycles. The number of aromatic amines is 1. The molecule has 1 aliphatic heterocycles. The molecule has 0 aliphatic carbocycles.